The lowest BCUT2D eigenvalue weighted by Gasteiger charge is -2.42. The number of nitrogens with zero attached hydrogens (tertiary/aromatic N) is 1. The third kappa shape index (κ3) is 6.95. The Morgan fingerprint density at radius 1 is 1.08 bits per heavy atom. The fourth-order valence-electron chi connectivity index (χ4n) is 7.01. The monoisotopic (exact) mass is 715 g/mol. The van der Waals surface area contributed by atoms with Gasteiger partial charge in [0.1, 0.15) is 5.82 Å². The van der Waals surface area contributed by atoms with Gasteiger partial charge < -0.3 is 19.7 Å². The van der Waals surface area contributed by atoms with Gasteiger partial charge in [-0.1, -0.05) is 74.0 Å². The van der Waals surface area contributed by atoms with Crippen molar-refractivity contribution >= 4 is 43.2 Å². The van der Waals surface area contributed by atoms with Crippen molar-refractivity contribution in [3.63, 3.8) is 0 Å². The van der Waals surface area contributed by atoms with E-state index in [4.69, 9.17) is 32.7 Å². The Bertz CT molecular complexity index is 1640. The zero-order valence-corrected chi connectivity index (χ0v) is 30.6. The Hall–Kier alpha value is -2.79. The Morgan fingerprint density at radius 2 is 1.67 bits per heavy atom. The molecule has 0 spiro atoms. The van der Waals surface area contributed by atoms with Gasteiger partial charge >= 0.3 is 5.97 Å². The van der Waals surface area contributed by atoms with Gasteiger partial charge in [0.2, 0.25) is 0 Å². The molecule has 2 aliphatic heterocycles. The smallest absolute Gasteiger partial charge is 0.311 e. The predicted molar refractivity (Wildman–Crippen MR) is 187 cm³/mol. The van der Waals surface area contributed by atoms with Crippen LogP contribution in [0.3, 0.4) is 0 Å². The molecule has 48 heavy (non-hydrogen) atoms. The van der Waals surface area contributed by atoms with E-state index in [9.17, 15) is 19.8 Å². The van der Waals surface area contributed by atoms with E-state index < -0.39 is 49.1 Å². The highest BCUT2D eigenvalue weighted by Gasteiger charge is 2.57. The summed E-state index contributed by atoms with van der Waals surface area (Å²) >= 11 is 12.5. The van der Waals surface area contributed by atoms with Crippen LogP contribution in [0.2, 0.25) is 35.7 Å². The van der Waals surface area contributed by atoms with Crippen LogP contribution in [0.25, 0.3) is 0 Å². The van der Waals surface area contributed by atoms with Gasteiger partial charge in [-0.05, 0) is 85.7 Å². The van der Waals surface area contributed by atoms with E-state index in [0.29, 0.717) is 41.7 Å². The third-order valence-electron chi connectivity index (χ3n) is 9.85. The molecule has 2 aliphatic rings. The van der Waals surface area contributed by atoms with Gasteiger partial charge in [-0.25, -0.2) is 4.39 Å². The molecule has 1 amide bonds. The van der Waals surface area contributed by atoms with Crippen molar-refractivity contribution in [3.05, 3.63) is 104 Å². The standard InChI is InChI=1S/C37H44Cl2FNO6Si/c1-6-36(44,25-15-17-46-18-16-25)27-21-30-32(31(40)22-27)37(45,26-9-13-29(39)14-10-26)41(34(30)42)33(24-7-11-28(38)12-8-24)23(2)35(43)47-19-20-48(3,4)5/h7-14,21-23,25,33,44-45H,6,15-20H2,1-5H3/t23-,33-,36?,37+/m0/s1. The number of hydrogen-bond acceptors (Lipinski definition) is 6. The quantitative estimate of drug-likeness (QED) is 0.154. The van der Waals surface area contributed by atoms with Crippen LogP contribution in [0.1, 0.15) is 71.8 Å². The zero-order chi connectivity index (χ0) is 35.0. The molecule has 1 saturated heterocycles. The maximum Gasteiger partial charge on any atom is 0.311 e. The predicted octanol–water partition coefficient (Wildman–Crippen LogP) is 8.06. The minimum atomic E-state index is -2.36. The molecular formula is C37H44Cl2FNO6Si. The van der Waals surface area contributed by atoms with Gasteiger partial charge in [0.05, 0.1) is 35.3 Å². The number of hydrogen-bond donors (Lipinski definition) is 2. The fraction of sp³-hybridized carbons (Fsp3) is 0.459. The van der Waals surface area contributed by atoms with Gasteiger partial charge in [-0.15, -0.1) is 0 Å². The Labute approximate surface area is 293 Å². The van der Waals surface area contributed by atoms with Crippen molar-refractivity contribution in [3.8, 4) is 0 Å². The molecular weight excluding hydrogens is 672 g/mol. The summed E-state index contributed by atoms with van der Waals surface area (Å²) in [4.78, 5) is 29.7. The molecule has 0 bridgehead atoms. The second kappa shape index (κ2) is 14.2. The van der Waals surface area contributed by atoms with E-state index in [1.165, 1.54) is 29.2 Å². The van der Waals surface area contributed by atoms with Gasteiger partial charge in [0.25, 0.3) is 5.91 Å². The summed E-state index contributed by atoms with van der Waals surface area (Å²) in [5.74, 6) is -3.31. The molecule has 0 aliphatic carbocycles. The summed E-state index contributed by atoms with van der Waals surface area (Å²) in [5, 5.41) is 25.7. The van der Waals surface area contributed by atoms with Gasteiger partial charge in [-0.3, -0.25) is 14.5 Å². The van der Waals surface area contributed by atoms with Gasteiger partial charge in [0.15, 0.2) is 5.72 Å². The third-order valence-corrected chi connectivity index (χ3v) is 12.1. The first-order chi connectivity index (χ1) is 22.6. The SMILES string of the molecule is CCC(O)(c1cc(F)c2c(c1)C(=O)N([C@H](c1ccc(Cl)cc1)[C@H](C)C(=O)OCC[Si](C)(C)C)[C@@]2(O)c1ccc(Cl)cc1)C1CCOCC1. The lowest BCUT2D eigenvalue weighted by molar-refractivity contribution is -0.153. The van der Waals surface area contributed by atoms with Gasteiger partial charge in [-0.2, -0.15) is 0 Å². The zero-order valence-electron chi connectivity index (χ0n) is 28.1. The van der Waals surface area contributed by atoms with E-state index >= 15 is 4.39 Å². The number of ether oxygens (including phenoxy) is 2. The fourth-order valence-corrected chi connectivity index (χ4v) is 7.98. The van der Waals surface area contributed by atoms with Crippen LogP contribution in [0.4, 0.5) is 4.39 Å². The number of halogens is 3. The highest BCUT2D eigenvalue weighted by molar-refractivity contribution is 6.76. The Kier molecular flexibility index (Phi) is 10.8. The maximum atomic E-state index is 16.7. The van der Waals surface area contributed by atoms with Crippen LogP contribution in [0, 0.1) is 17.7 Å². The summed E-state index contributed by atoms with van der Waals surface area (Å²) in [6.07, 6.45) is 1.44. The molecule has 11 heteroatoms. The van der Waals surface area contributed by atoms with Gasteiger partial charge in [0, 0.05) is 36.9 Å². The maximum absolute atomic E-state index is 16.7. The molecule has 0 saturated carbocycles. The normalized spacial score (nSPS) is 21.0. The number of fused-ring (bicyclic) bond motifs is 1. The molecule has 2 heterocycles. The van der Waals surface area contributed by atoms with Crippen LogP contribution in [0.5, 0.6) is 0 Å². The average molecular weight is 717 g/mol. The summed E-state index contributed by atoms with van der Waals surface area (Å²) in [6, 6.07) is 15.2. The summed E-state index contributed by atoms with van der Waals surface area (Å²) in [5.41, 5.74) is -3.23. The van der Waals surface area contributed by atoms with Crippen molar-refractivity contribution in [2.24, 2.45) is 11.8 Å². The summed E-state index contributed by atoms with van der Waals surface area (Å²) < 4.78 is 28.0. The number of carbonyl (C=O) groups excluding carboxylic acids is 2. The molecule has 2 N–H and O–H groups in total. The van der Waals surface area contributed by atoms with Crippen molar-refractivity contribution in [1.29, 1.82) is 0 Å². The summed E-state index contributed by atoms with van der Waals surface area (Å²) in [6.45, 7) is 11.2. The molecule has 0 radical (unpaired) electrons. The molecule has 1 unspecified atom stereocenters. The molecule has 4 atom stereocenters. The number of amides is 1. The number of benzene rings is 3. The molecule has 5 rings (SSSR count). The molecule has 258 valence electrons. The molecule has 3 aromatic rings. The highest BCUT2D eigenvalue weighted by Crippen LogP contribution is 2.51. The second-order valence-corrected chi connectivity index (χ2v) is 20.7. The van der Waals surface area contributed by atoms with Crippen LogP contribution < -0.4 is 0 Å². The number of esters is 1. The van der Waals surface area contributed by atoms with E-state index in [2.05, 4.69) is 19.6 Å². The van der Waals surface area contributed by atoms with Crippen molar-refractivity contribution < 1.29 is 33.7 Å². The number of rotatable bonds is 11. The first kappa shape index (κ1) is 36.5. The van der Waals surface area contributed by atoms with E-state index in [-0.39, 0.29) is 41.2 Å². The number of aliphatic hydroxyl groups is 2. The molecule has 1 fully saturated rings. The van der Waals surface area contributed by atoms with Crippen molar-refractivity contribution in [1.82, 2.24) is 4.90 Å². The van der Waals surface area contributed by atoms with Crippen LogP contribution in [-0.2, 0) is 25.6 Å². The number of carbonyl (C=O) groups is 2. The van der Waals surface area contributed by atoms with Crippen molar-refractivity contribution in [2.75, 3.05) is 19.8 Å². The largest absolute Gasteiger partial charge is 0.466 e. The van der Waals surface area contributed by atoms with E-state index in [0.717, 1.165) is 6.04 Å². The van der Waals surface area contributed by atoms with Crippen LogP contribution in [0.15, 0.2) is 60.7 Å². The minimum Gasteiger partial charge on any atom is -0.466 e. The lowest BCUT2D eigenvalue weighted by atomic mass is 9.74. The average Bonchev–Trinajstić information content (AvgIpc) is 3.28. The Balaban J connectivity index is 1.69. The molecule has 3 aromatic carbocycles. The van der Waals surface area contributed by atoms with Crippen molar-refractivity contribution in [2.45, 2.75) is 76.2 Å². The highest BCUT2D eigenvalue weighted by atomic mass is 35.5. The first-order valence-corrected chi connectivity index (χ1v) is 21.0. The van der Waals surface area contributed by atoms with Crippen LogP contribution >= 0.6 is 23.2 Å². The van der Waals surface area contributed by atoms with E-state index in [1.807, 2.05) is 6.92 Å². The van der Waals surface area contributed by atoms with Crippen LogP contribution in [-0.4, -0.2) is 54.9 Å². The first-order valence-electron chi connectivity index (χ1n) is 16.5. The molecule has 7 nitrogen and oxygen atoms in total. The summed E-state index contributed by atoms with van der Waals surface area (Å²) in [7, 11) is -1.53. The second-order valence-electron chi connectivity index (χ2n) is 14.2. The van der Waals surface area contributed by atoms with E-state index in [1.54, 1.807) is 43.3 Å². The minimum absolute atomic E-state index is 0.0975. The molecule has 0 aromatic heterocycles. The topological polar surface area (TPSA) is 96.3 Å². The Morgan fingerprint density at radius 3 is 2.23 bits per heavy atom. The lowest BCUT2D eigenvalue weighted by Crippen LogP contribution is -2.50.